The lowest BCUT2D eigenvalue weighted by atomic mass is 9.95. The lowest BCUT2D eigenvalue weighted by Gasteiger charge is -2.29. The van der Waals surface area contributed by atoms with Crippen molar-refractivity contribution >= 4 is 22.4 Å². The van der Waals surface area contributed by atoms with Crippen molar-refractivity contribution in [1.82, 2.24) is 19.6 Å². The molecule has 2 aromatic heterocycles. The van der Waals surface area contributed by atoms with Crippen LogP contribution in [0.3, 0.4) is 0 Å². The summed E-state index contributed by atoms with van der Waals surface area (Å²) in [5, 5.41) is 8.14. The van der Waals surface area contributed by atoms with Gasteiger partial charge in [0.2, 0.25) is 0 Å². The number of nitrogens with one attached hydrogen (secondary N) is 1. The van der Waals surface area contributed by atoms with Crippen molar-refractivity contribution < 1.29 is 4.21 Å². The van der Waals surface area contributed by atoms with Crippen molar-refractivity contribution in [3.8, 4) is 0 Å². The van der Waals surface area contributed by atoms with Crippen LogP contribution in [0, 0.1) is 0 Å². The number of aromatic nitrogens is 4. The van der Waals surface area contributed by atoms with Gasteiger partial charge in [-0.1, -0.05) is 20.3 Å². The molecule has 0 aliphatic heterocycles. The molecule has 3 atom stereocenters. The number of fused-ring (bicyclic) bond motifs is 1. The van der Waals surface area contributed by atoms with Crippen LogP contribution in [0.15, 0.2) is 12.4 Å². The summed E-state index contributed by atoms with van der Waals surface area (Å²) in [5.74, 6) is 2.32. The van der Waals surface area contributed by atoms with Crippen molar-refractivity contribution in [1.29, 1.82) is 0 Å². The maximum Gasteiger partial charge on any atom is 0.254 e. The zero-order chi connectivity index (χ0) is 15.5. The number of aryl methyl sites for hydroxylation is 1. The third-order valence-electron chi connectivity index (χ3n) is 4.30. The van der Waals surface area contributed by atoms with Crippen LogP contribution >= 0.6 is 0 Å². The minimum absolute atomic E-state index is 0.315. The lowest BCUT2D eigenvalue weighted by molar-refractivity contribution is 0.463. The van der Waals surface area contributed by atoms with Gasteiger partial charge in [-0.2, -0.15) is 14.6 Å². The predicted molar refractivity (Wildman–Crippen MR) is 88.5 cm³/mol. The smallest absolute Gasteiger partial charge is 0.254 e. The first-order valence-corrected chi connectivity index (χ1v) is 9.42. The maximum absolute atomic E-state index is 12.1. The van der Waals surface area contributed by atoms with Gasteiger partial charge in [0.25, 0.3) is 5.78 Å². The van der Waals surface area contributed by atoms with E-state index in [1.807, 2.05) is 13.0 Å². The monoisotopic (exact) mass is 321 g/mol. The highest BCUT2D eigenvalue weighted by atomic mass is 32.2. The van der Waals surface area contributed by atoms with Gasteiger partial charge in [-0.25, -0.2) is 4.98 Å². The normalized spacial score (nSPS) is 23.5. The van der Waals surface area contributed by atoms with Crippen molar-refractivity contribution in [2.24, 2.45) is 0 Å². The number of nitrogens with zero attached hydrogens (tertiary/aromatic N) is 4. The SMILES string of the molecule is CCc1cc(NC2CCCC(S(=O)CC)C2)n2ncnc2n1. The summed E-state index contributed by atoms with van der Waals surface area (Å²) in [7, 11) is -0.705. The molecular formula is C15H23N5OS. The molecule has 3 rings (SSSR count). The zero-order valence-electron chi connectivity index (χ0n) is 13.2. The van der Waals surface area contributed by atoms with E-state index in [9.17, 15) is 4.21 Å². The Kier molecular flexibility index (Phi) is 4.71. The molecule has 120 valence electrons. The van der Waals surface area contributed by atoms with Gasteiger partial charge in [-0.3, -0.25) is 4.21 Å². The first-order chi connectivity index (χ1) is 10.7. The van der Waals surface area contributed by atoms with Crippen LogP contribution in [0.25, 0.3) is 5.78 Å². The van der Waals surface area contributed by atoms with E-state index in [0.29, 0.717) is 17.1 Å². The first-order valence-electron chi connectivity index (χ1n) is 8.04. The Morgan fingerprint density at radius 3 is 3.05 bits per heavy atom. The van der Waals surface area contributed by atoms with E-state index < -0.39 is 10.8 Å². The summed E-state index contributed by atoms with van der Waals surface area (Å²) in [4.78, 5) is 8.65. The molecular weight excluding hydrogens is 298 g/mol. The van der Waals surface area contributed by atoms with Crippen LogP contribution in [-0.4, -0.2) is 40.8 Å². The molecule has 6 nitrogen and oxygen atoms in total. The van der Waals surface area contributed by atoms with E-state index in [0.717, 1.165) is 49.4 Å². The van der Waals surface area contributed by atoms with E-state index in [-0.39, 0.29) is 0 Å². The fraction of sp³-hybridized carbons (Fsp3) is 0.667. The quantitative estimate of drug-likeness (QED) is 0.914. The Bertz CT molecular complexity index is 671. The van der Waals surface area contributed by atoms with Crippen molar-refractivity contribution in [3.05, 3.63) is 18.1 Å². The molecule has 0 spiro atoms. The highest BCUT2D eigenvalue weighted by molar-refractivity contribution is 7.85. The topological polar surface area (TPSA) is 72.2 Å². The third-order valence-corrected chi connectivity index (χ3v) is 6.04. The average Bonchev–Trinajstić information content (AvgIpc) is 3.03. The van der Waals surface area contributed by atoms with Gasteiger partial charge in [0, 0.05) is 39.6 Å². The van der Waals surface area contributed by atoms with E-state index in [4.69, 9.17) is 0 Å². The standard InChI is InChI=1S/C15H23N5OS/c1-3-11-9-14(20-15(19-11)16-10-17-20)18-12-6-5-7-13(8-12)22(21)4-2/h9-10,12-13,18H,3-8H2,1-2H3. The van der Waals surface area contributed by atoms with Gasteiger partial charge in [-0.05, 0) is 25.7 Å². The second kappa shape index (κ2) is 6.73. The van der Waals surface area contributed by atoms with Crippen molar-refractivity contribution in [2.45, 2.75) is 57.2 Å². The second-order valence-electron chi connectivity index (χ2n) is 5.76. The van der Waals surface area contributed by atoms with Gasteiger partial charge in [0.05, 0.1) is 0 Å². The maximum atomic E-state index is 12.1. The fourth-order valence-corrected chi connectivity index (χ4v) is 4.45. The highest BCUT2D eigenvalue weighted by Crippen LogP contribution is 2.26. The minimum atomic E-state index is -0.705. The van der Waals surface area contributed by atoms with Gasteiger partial charge < -0.3 is 5.32 Å². The third kappa shape index (κ3) is 3.14. The molecule has 22 heavy (non-hydrogen) atoms. The van der Waals surface area contributed by atoms with Gasteiger partial charge in [0.1, 0.15) is 12.1 Å². The number of rotatable bonds is 5. The van der Waals surface area contributed by atoms with Crippen LogP contribution in [0.4, 0.5) is 5.82 Å². The highest BCUT2D eigenvalue weighted by Gasteiger charge is 2.26. The summed E-state index contributed by atoms with van der Waals surface area (Å²) in [6, 6.07) is 2.39. The summed E-state index contributed by atoms with van der Waals surface area (Å²) in [6.07, 6.45) is 6.67. The molecule has 1 aliphatic carbocycles. The number of hydrogen-bond donors (Lipinski definition) is 1. The number of hydrogen-bond acceptors (Lipinski definition) is 5. The molecule has 1 fully saturated rings. The largest absolute Gasteiger partial charge is 0.367 e. The van der Waals surface area contributed by atoms with Crippen LogP contribution in [0.5, 0.6) is 0 Å². The molecule has 0 aromatic carbocycles. The van der Waals surface area contributed by atoms with Crippen molar-refractivity contribution in [2.75, 3.05) is 11.1 Å². The van der Waals surface area contributed by atoms with Gasteiger partial charge in [-0.15, -0.1) is 0 Å². The van der Waals surface area contributed by atoms with E-state index >= 15 is 0 Å². The molecule has 2 heterocycles. The van der Waals surface area contributed by atoms with Gasteiger partial charge >= 0.3 is 0 Å². The average molecular weight is 321 g/mol. The Morgan fingerprint density at radius 1 is 1.41 bits per heavy atom. The number of anilines is 1. The molecule has 1 N–H and O–H groups in total. The second-order valence-corrected chi connectivity index (χ2v) is 7.76. The summed E-state index contributed by atoms with van der Waals surface area (Å²) >= 11 is 0. The molecule has 1 saturated carbocycles. The molecule has 0 radical (unpaired) electrons. The molecule has 2 aromatic rings. The minimum Gasteiger partial charge on any atom is -0.367 e. The molecule has 1 aliphatic rings. The first kappa shape index (κ1) is 15.4. The van der Waals surface area contributed by atoms with Crippen molar-refractivity contribution in [3.63, 3.8) is 0 Å². The summed E-state index contributed by atoms with van der Waals surface area (Å²) < 4.78 is 13.8. The van der Waals surface area contributed by atoms with Crippen LogP contribution in [0.2, 0.25) is 0 Å². The Morgan fingerprint density at radius 2 is 2.27 bits per heavy atom. The van der Waals surface area contributed by atoms with Crippen LogP contribution in [0.1, 0.15) is 45.2 Å². The van der Waals surface area contributed by atoms with E-state index in [1.54, 1.807) is 4.52 Å². The molecule has 3 unspecified atom stereocenters. The van der Waals surface area contributed by atoms with Crippen LogP contribution in [-0.2, 0) is 17.2 Å². The lowest BCUT2D eigenvalue weighted by Crippen LogP contribution is -2.33. The molecule has 0 saturated heterocycles. The Labute approximate surface area is 133 Å². The zero-order valence-corrected chi connectivity index (χ0v) is 14.0. The van der Waals surface area contributed by atoms with E-state index in [2.05, 4.69) is 27.3 Å². The summed E-state index contributed by atoms with van der Waals surface area (Å²) in [6.45, 7) is 4.09. The summed E-state index contributed by atoms with van der Waals surface area (Å²) in [5.41, 5.74) is 1.01. The van der Waals surface area contributed by atoms with Crippen LogP contribution < -0.4 is 5.32 Å². The fourth-order valence-electron chi connectivity index (χ4n) is 3.10. The Hall–Kier alpha value is -1.50. The Balaban J connectivity index is 1.80. The van der Waals surface area contributed by atoms with E-state index in [1.165, 1.54) is 6.33 Å². The predicted octanol–water partition coefficient (Wildman–Crippen LogP) is 2.18. The molecule has 0 amide bonds. The molecule has 0 bridgehead atoms. The van der Waals surface area contributed by atoms with Gasteiger partial charge in [0.15, 0.2) is 0 Å². The molecule has 7 heteroatoms.